The lowest BCUT2D eigenvalue weighted by molar-refractivity contribution is -0.134. The van der Waals surface area contributed by atoms with Crippen molar-refractivity contribution < 1.29 is 9.59 Å². The summed E-state index contributed by atoms with van der Waals surface area (Å²) in [6.07, 6.45) is 4.07. The Balaban J connectivity index is 0.00000200. The molecule has 1 heterocycles. The van der Waals surface area contributed by atoms with E-state index in [4.69, 9.17) is 5.73 Å². The second-order valence-electron chi connectivity index (χ2n) is 6.19. The minimum atomic E-state index is -0.268. The monoisotopic (exact) mass is 303 g/mol. The van der Waals surface area contributed by atoms with E-state index in [0.29, 0.717) is 19.0 Å². The predicted octanol–water partition coefficient (Wildman–Crippen LogP) is 0.910. The number of carbonyl (C=O) groups is 2. The first kappa shape index (κ1) is 17.2. The largest absolute Gasteiger partial charge is 0.349 e. The molecule has 1 aliphatic carbocycles. The molecule has 0 bridgehead atoms. The number of carbonyl (C=O) groups excluding carboxylic acids is 2. The Morgan fingerprint density at radius 1 is 1.35 bits per heavy atom. The first-order valence-electron chi connectivity index (χ1n) is 7.24. The summed E-state index contributed by atoms with van der Waals surface area (Å²) in [7, 11) is 0. The van der Waals surface area contributed by atoms with Crippen molar-refractivity contribution >= 4 is 24.2 Å². The highest BCUT2D eigenvalue weighted by Crippen LogP contribution is 2.39. The van der Waals surface area contributed by atoms with Crippen molar-refractivity contribution in [2.45, 2.75) is 45.1 Å². The number of amides is 2. The van der Waals surface area contributed by atoms with Gasteiger partial charge in [-0.1, -0.05) is 0 Å². The van der Waals surface area contributed by atoms with Crippen molar-refractivity contribution in [1.82, 2.24) is 10.2 Å². The number of hydrogen-bond acceptors (Lipinski definition) is 3. The summed E-state index contributed by atoms with van der Waals surface area (Å²) < 4.78 is 0. The van der Waals surface area contributed by atoms with Gasteiger partial charge in [0.15, 0.2) is 0 Å². The maximum atomic E-state index is 12.4. The molecule has 116 valence electrons. The Hall–Kier alpha value is -0.810. The van der Waals surface area contributed by atoms with E-state index in [1.54, 1.807) is 11.8 Å². The van der Waals surface area contributed by atoms with E-state index in [1.165, 1.54) is 0 Å². The van der Waals surface area contributed by atoms with E-state index >= 15 is 0 Å². The van der Waals surface area contributed by atoms with E-state index in [1.807, 2.05) is 6.92 Å². The second-order valence-corrected chi connectivity index (χ2v) is 6.19. The Kier molecular flexibility index (Phi) is 5.83. The number of nitrogens with zero attached hydrogens (tertiary/aromatic N) is 1. The molecule has 1 saturated heterocycles. The molecular weight excluding hydrogens is 278 g/mol. The lowest BCUT2D eigenvalue weighted by Crippen LogP contribution is -2.56. The lowest BCUT2D eigenvalue weighted by atomic mass is 9.92. The highest BCUT2D eigenvalue weighted by Gasteiger charge is 2.42. The topological polar surface area (TPSA) is 75.4 Å². The summed E-state index contributed by atoms with van der Waals surface area (Å²) in [5.41, 5.74) is 5.55. The maximum Gasteiger partial charge on any atom is 0.225 e. The van der Waals surface area contributed by atoms with Crippen LogP contribution in [0.2, 0.25) is 0 Å². The highest BCUT2D eigenvalue weighted by molar-refractivity contribution is 5.85. The van der Waals surface area contributed by atoms with Gasteiger partial charge in [0.25, 0.3) is 0 Å². The van der Waals surface area contributed by atoms with Crippen molar-refractivity contribution in [2.75, 3.05) is 19.6 Å². The average Bonchev–Trinajstić information content (AvgIpc) is 3.23. The van der Waals surface area contributed by atoms with Crippen LogP contribution in [0.3, 0.4) is 0 Å². The molecule has 0 radical (unpaired) electrons. The van der Waals surface area contributed by atoms with Crippen molar-refractivity contribution in [3.8, 4) is 0 Å². The summed E-state index contributed by atoms with van der Waals surface area (Å²) in [5.74, 6) is 0.559. The molecule has 5 nitrogen and oxygen atoms in total. The van der Waals surface area contributed by atoms with E-state index < -0.39 is 0 Å². The molecule has 2 unspecified atom stereocenters. The Bertz CT molecular complexity index is 373. The number of nitrogens with two attached hydrogens (primary N) is 1. The quantitative estimate of drug-likeness (QED) is 0.810. The van der Waals surface area contributed by atoms with Gasteiger partial charge >= 0.3 is 0 Å². The number of halogens is 1. The van der Waals surface area contributed by atoms with Crippen LogP contribution in [0.5, 0.6) is 0 Å². The predicted molar refractivity (Wildman–Crippen MR) is 80.6 cm³/mol. The van der Waals surface area contributed by atoms with E-state index in [0.717, 1.165) is 32.2 Å². The summed E-state index contributed by atoms with van der Waals surface area (Å²) in [4.78, 5) is 25.5. The lowest BCUT2D eigenvalue weighted by Gasteiger charge is -2.35. The van der Waals surface area contributed by atoms with Gasteiger partial charge in [-0.25, -0.2) is 0 Å². The van der Waals surface area contributed by atoms with Gasteiger partial charge in [0.2, 0.25) is 11.8 Å². The molecule has 20 heavy (non-hydrogen) atoms. The fourth-order valence-corrected chi connectivity index (χ4v) is 2.90. The molecule has 1 aliphatic heterocycles. The molecule has 6 heteroatoms. The molecule has 2 atom stereocenters. The van der Waals surface area contributed by atoms with Gasteiger partial charge in [0.05, 0.1) is 11.5 Å². The first-order chi connectivity index (χ1) is 8.96. The molecule has 2 aliphatic rings. The molecule has 0 aromatic rings. The van der Waals surface area contributed by atoms with E-state index in [2.05, 4.69) is 5.32 Å². The zero-order valence-electron chi connectivity index (χ0n) is 12.4. The van der Waals surface area contributed by atoms with Gasteiger partial charge in [0, 0.05) is 26.6 Å². The molecule has 2 fully saturated rings. The molecule has 0 spiro atoms. The van der Waals surface area contributed by atoms with Gasteiger partial charge in [-0.05, 0) is 38.5 Å². The summed E-state index contributed by atoms with van der Waals surface area (Å²) >= 11 is 0. The van der Waals surface area contributed by atoms with Crippen molar-refractivity contribution in [1.29, 1.82) is 0 Å². The number of hydrogen-bond donors (Lipinski definition) is 2. The van der Waals surface area contributed by atoms with E-state index in [9.17, 15) is 9.59 Å². The fourth-order valence-electron chi connectivity index (χ4n) is 2.90. The van der Waals surface area contributed by atoms with Gasteiger partial charge in [-0.3, -0.25) is 9.59 Å². The molecule has 3 N–H and O–H groups in total. The third-order valence-electron chi connectivity index (χ3n) is 4.55. The molecule has 1 saturated carbocycles. The minimum Gasteiger partial charge on any atom is -0.349 e. The van der Waals surface area contributed by atoms with E-state index in [-0.39, 0.29) is 35.7 Å². The zero-order chi connectivity index (χ0) is 14.0. The number of piperidine rings is 1. The standard InChI is InChI=1S/C14H25N3O2.ClH/c1-10(18)17-7-3-4-11(8-17)13(19)16-14(2,9-15)12-5-6-12;/h11-12H,3-9,15H2,1-2H3,(H,16,19);1H. The zero-order valence-corrected chi connectivity index (χ0v) is 13.2. The van der Waals surface area contributed by atoms with Gasteiger partial charge in [-0.2, -0.15) is 0 Å². The van der Waals surface area contributed by atoms with Crippen LogP contribution < -0.4 is 11.1 Å². The van der Waals surface area contributed by atoms with Gasteiger partial charge in [0.1, 0.15) is 0 Å². The van der Waals surface area contributed by atoms with Crippen LogP contribution in [0.15, 0.2) is 0 Å². The van der Waals surface area contributed by atoms with Crippen LogP contribution in [0, 0.1) is 11.8 Å². The summed E-state index contributed by atoms with van der Waals surface area (Å²) in [6, 6.07) is 0. The Morgan fingerprint density at radius 2 is 2.00 bits per heavy atom. The summed E-state index contributed by atoms with van der Waals surface area (Å²) in [6.45, 7) is 5.40. The average molecular weight is 304 g/mol. The van der Waals surface area contributed by atoms with Crippen LogP contribution >= 0.6 is 12.4 Å². The van der Waals surface area contributed by atoms with Crippen LogP contribution in [-0.4, -0.2) is 41.9 Å². The molecule has 2 amide bonds. The van der Waals surface area contributed by atoms with Crippen molar-refractivity contribution in [3.63, 3.8) is 0 Å². The number of rotatable bonds is 4. The smallest absolute Gasteiger partial charge is 0.225 e. The third kappa shape index (κ3) is 3.85. The SMILES string of the molecule is CC(=O)N1CCCC(C(=O)NC(C)(CN)C2CC2)C1.Cl. The second kappa shape index (κ2) is 6.76. The highest BCUT2D eigenvalue weighted by atomic mass is 35.5. The van der Waals surface area contributed by atoms with Gasteiger partial charge < -0.3 is 16.0 Å². The van der Waals surface area contributed by atoms with Gasteiger partial charge in [-0.15, -0.1) is 12.4 Å². The fraction of sp³-hybridized carbons (Fsp3) is 0.857. The maximum absolute atomic E-state index is 12.4. The van der Waals surface area contributed by atoms with Crippen LogP contribution in [-0.2, 0) is 9.59 Å². The molecule has 0 aromatic heterocycles. The Morgan fingerprint density at radius 3 is 2.50 bits per heavy atom. The third-order valence-corrected chi connectivity index (χ3v) is 4.55. The van der Waals surface area contributed by atoms with Crippen LogP contribution in [0.4, 0.5) is 0 Å². The van der Waals surface area contributed by atoms with Crippen molar-refractivity contribution in [2.24, 2.45) is 17.6 Å². The molecule has 2 rings (SSSR count). The number of nitrogens with one attached hydrogen (secondary N) is 1. The Labute approximate surface area is 127 Å². The van der Waals surface area contributed by atoms with Crippen LogP contribution in [0.25, 0.3) is 0 Å². The first-order valence-corrected chi connectivity index (χ1v) is 7.24. The molecule has 0 aromatic carbocycles. The molecular formula is C14H26ClN3O2. The normalized spacial score (nSPS) is 25.4. The van der Waals surface area contributed by atoms with Crippen LogP contribution in [0.1, 0.15) is 39.5 Å². The summed E-state index contributed by atoms with van der Waals surface area (Å²) in [5, 5.41) is 3.13. The minimum absolute atomic E-state index is 0. The number of likely N-dealkylation sites (tertiary alicyclic amines) is 1. The van der Waals surface area contributed by atoms with Crippen molar-refractivity contribution in [3.05, 3.63) is 0 Å².